The number of hydrogen-bond acceptors (Lipinski definition) is 2. The fraction of sp³-hybridized carbons (Fsp3) is 0.650. The van der Waals surface area contributed by atoms with Crippen LogP contribution in [-0.2, 0) is 13.1 Å². The summed E-state index contributed by atoms with van der Waals surface area (Å²) in [5.74, 6) is 2.61. The molecule has 4 heteroatoms. The third-order valence-corrected chi connectivity index (χ3v) is 5.18. The predicted molar refractivity (Wildman–Crippen MR) is 101 cm³/mol. The molecule has 1 aliphatic heterocycles. The molecule has 1 unspecified atom stereocenters. The molecule has 1 saturated heterocycles. The van der Waals surface area contributed by atoms with E-state index in [0.717, 1.165) is 37.4 Å². The number of nitrogens with zero attached hydrogens (tertiary/aromatic N) is 2. The summed E-state index contributed by atoms with van der Waals surface area (Å²) in [5.41, 5.74) is 2.82. The zero-order chi connectivity index (χ0) is 16.8. The highest BCUT2D eigenvalue weighted by molar-refractivity contribution is 5.79. The fourth-order valence-electron chi connectivity index (χ4n) is 3.52. The third-order valence-electron chi connectivity index (χ3n) is 5.18. The van der Waals surface area contributed by atoms with Gasteiger partial charge in [-0.05, 0) is 55.2 Å². The van der Waals surface area contributed by atoms with Gasteiger partial charge in [0.2, 0.25) is 0 Å². The Morgan fingerprint density at radius 2 is 1.96 bits per heavy atom. The second-order valence-corrected chi connectivity index (χ2v) is 7.50. The molecule has 1 atom stereocenters. The molecule has 1 aliphatic carbocycles. The van der Waals surface area contributed by atoms with E-state index < -0.39 is 0 Å². The van der Waals surface area contributed by atoms with Gasteiger partial charge in [0.25, 0.3) is 0 Å². The number of nitrogens with one attached hydrogen (secondary N) is 2. The Morgan fingerprint density at radius 1 is 1.17 bits per heavy atom. The molecule has 0 spiro atoms. The van der Waals surface area contributed by atoms with Crippen LogP contribution in [0, 0.1) is 11.8 Å². The van der Waals surface area contributed by atoms with E-state index in [4.69, 9.17) is 0 Å². The molecule has 0 bridgehead atoms. The van der Waals surface area contributed by atoms with E-state index in [1.807, 2.05) is 7.05 Å². The van der Waals surface area contributed by atoms with Crippen LogP contribution in [0.2, 0.25) is 0 Å². The minimum Gasteiger partial charge on any atom is -0.356 e. The van der Waals surface area contributed by atoms with Crippen LogP contribution >= 0.6 is 0 Å². The summed E-state index contributed by atoms with van der Waals surface area (Å²) in [7, 11) is 1.85. The van der Waals surface area contributed by atoms with E-state index in [9.17, 15) is 0 Å². The van der Waals surface area contributed by atoms with Gasteiger partial charge in [0.05, 0.1) is 0 Å². The Labute approximate surface area is 146 Å². The first-order valence-corrected chi connectivity index (χ1v) is 9.48. The minimum atomic E-state index is 0.828. The zero-order valence-electron chi connectivity index (χ0n) is 15.2. The average Bonchev–Trinajstić information content (AvgIpc) is 3.41. The normalized spacial score (nSPS) is 22.4. The Kier molecular flexibility index (Phi) is 6.13. The lowest BCUT2D eigenvalue weighted by Crippen LogP contribution is -2.38. The van der Waals surface area contributed by atoms with Crippen LogP contribution in [0.3, 0.4) is 0 Å². The summed E-state index contributed by atoms with van der Waals surface area (Å²) >= 11 is 0. The van der Waals surface area contributed by atoms with Crippen molar-refractivity contribution in [2.75, 3.05) is 26.7 Å². The average molecular weight is 329 g/mol. The molecule has 132 valence electrons. The number of benzene rings is 1. The first-order chi connectivity index (χ1) is 11.7. The van der Waals surface area contributed by atoms with Gasteiger partial charge in [-0.1, -0.05) is 31.2 Å². The molecule has 1 aromatic rings. The van der Waals surface area contributed by atoms with E-state index in [-0.39, 0.29) is 0 Å². The van der Waals surface area contributed by atoms with Crippen molar-refractivity contribution in [3.05, 3.63) is 35.4 Å². The monoisotopic (exact) mass is 328 g/mol. The van der Waals surface area contributed by atoms with Gasteiger partial charge in [-0.15, -0.1) is 0 Å². The maximum atomic E-state index is 4.34. The molecule has 0 radical (unpaired) electrons. The summed E-state index contributed by atoms with van der Waals surface area (Å²) in [6, 6.07) is 8.81. The number of guanidine groups is 1. The van der Waals surface area contributed by atoms with E-state index >= 15 is 0 Å². The maximum Gasteiger partial charge on any atom is 0.191 e. The standard InChI is InChI=1S/C20H32N4/c1-16-6-5-11-24(14-16)15-19-8-4-3-7-18(19)13-23-20(21-2)22-12-17-9-10-17/h3-4,7-8,16-17H,5-6,9-15H2,1-2H3,(H2,21,22,23). The zero-order valence-corrected chi connectivity index (χ0v) is 15.2. The van der Waals surface area contributed by atoms with Crippen molar-refractivity contribution in [3.63, 3.8) is 0 Å². The molecule has 2 N–H and O–H groups in total. The molecule has 2 fully saturated rings. The Balaban J connectivity index is 1.54. The van der Waals surface area contributed by atoms with Gasteiger partial charge in [-0.3, -0.25) is 9.89 Å². The number of piperidine rings is 1. The second kappa shape index (κ2) is 8.52. The molecule has 1 heterocycles. The van der Waals surface area contributed by atoms with Gasteiger partial charge in [-0.2, -0.15) is 0 Å². The van der Waals surface area contributed by atoms with Crippen molar-refractivity contribution >= 4 is 5.96 Å². The van der Waals surface area contributed by atoms with E-state index in [1.165, 1.54) is 49.9 Å². The summed E-state index contributed by atoms with van der Waals surface area (Å²) in [6.45, 7) is 7.78. The van der Waals surface area contributed by atoms with Crippen molar-refractivity contribution in [3.8, 4) is 0 Å². The predicted octanol–water partition coefficient (Wildman–Crippen LogP) is 2.99. The SMILES string of the molecule is CN=C(NCc1ccccc1CN1CCCC(C)C1)NCC1CC1. The van der Waals surface area contributed by atoms with Gasteiger partial charge in [-0.25, -0.2) is 0 Å². The van der Waals surface area contributed by atoms with Crippen molar-refractivity contribution in [2.24, 2.45) is 16.8 Å². The molecule has 4 nitrogen and oxygen atoms in total. The lowest BCUT2D eigenvalue weighted by atomic mass is 9.99. The second-order valence-electron chi connectivity index (χ2n) is 7.50. The summed E-state index contributed by atoms with van der Waals surface area (Å²) < 4.78 is 0. The molecule has 1 saturated carbocycles. The van der Waals surface area contributed by atoms with Crippen molar-refractivity contribution in [1.82, 2.24) is 15.5 Å². The molecule has 0 amide bonds. The Morgan fingerprint density at radius 3 is 2.67 bits per heavy atom. The Bertz CT molecular complexity index is 550. The number of rotatable bonds is 6. The molecule has 3 rings (SSSR count). The highest BCUT2D eigenvalue weighted by Gasteiger charge is 2.21. The van der Waals surface area contributed by atoms with E-state index in [2.05, 4.69) is 51.7 Å². The minimum absolute atomic E-state index is 0.828. The highest BCUT2D eigenvalue weighted by atomic mass is 15.2. The van der Waals surface area contributed by atoms with Crippen molar-refractivity contribution in [1.29, 1.82) is 0 Å². The van der Waals surface area contributed by atoms with Crippen LogP contribution in [0.4, 0.5) is 0 Å². The van der Waals surface area contributed by atoms with Gasteiger partial charge in [0, 0.05) is 33.2 Å². The molecular formula is C20H32N4. The smallest absolute Gasteiger partial charge is 0.191 e. The fourth-order valence-corrected chi connectivity index (χ4v) is 3.52. The third kappa shape index (κ3) is 5.23. The summed E-state index contributed by atoms with van der Waals surface area (Å²) in [4.78, 5) is 6.95. The van der Waals surface area contributed by atoms with Crippen LogP contribution in [-0.4, -0.2) is 37.5 Å². The number of hydrogen-bond donors (Lipinski definition) is 2. The lowest BCUT2D eigenvalue weighted by Gasteiger charge is -2.31. The first kappa shape index (κ1) is 17.3. The lowest BCUT2D eigenvalue weighted by molar-refractivity contribution is 0.176. The van der Waals surface area contributed by atoms with Crippen LogP contribution in [0.25, 0.3) is 0 Å². The maximum absolute atomic E-state index is 4.34. The van der Waals surface area contributed by atoms with E-state index in [1.54, 1.807) is 0 Å². The molecule has 2 aliphatic rings. The largest absolute Gasteiger partial charge is 0.356 e. The summed E-state index contributed by atoms with van der Waals surface area (Å²) in [5, 5.41) is 6.91. The highest BCUT2D eigenvalue weighted by Crippen LogP contribution is 2.27. The van der Waals surface area contributed by atoms with Crippen LogP contribution in [0.15, 0.2) is 29.3 Å². The molecule has 24 heavy (non-hydrogen) atoms. The van der Waals surface area contributed by atoms with Crippen molar-refractivity contribution < 1.29 is 0 Å². The molecular weight excluding hydrogens is 296 g/mol. The van der Waals surface area contributed by atoms with Gasteiger partial charge in [0.15, 0.2) is 5.96 Å². The van der Waals surface area contributed by atoms with Gasteiger partial charge < -0.3 is 10.6 Å². The van der Waals surface area contributed by atoms with Crippen LogP contribution < -0.4 is 10.6 Å². The van der Waals surface area contributed by atoms with Crippen LogP contribution in [0.1, 0.15) is 43.7 Å². The molecule has 1 aromatic carbocycles. The number of aliphatic imine (C=N–C) groups is 1. The molecule has 0 aromatic heterocycles. The topological polar surface area (TPSA) is 39.7 Å². The quantitative estimate of drug-likeness (QED) is 0.623. The Hall–Kier alpha value is -1.55. The van der Waals surface area contributed by atoms with Gasteiger partial charge in [0.1, 0.15) is 0 Å². The van der Waals surface area contributed by atoms with Crippen molar-refractivity contribution in [2.45, 2.75) is 45.7 Å². The first-order valence-electron chi connectivity index (χ1n) is 9.48. The van der Waals surface area contributed by atoms with E-state index in [0.29, 0.717) is 0 Å². The summed E-state index contributed by atoms with van der Waals surface area (Å²) in [6.07, 6.45) is 5.43. The van der Waals surface area contributed by atoms with Gasteiger partial charge >= 0.3 is 0 Å². The number of likely N-dealkylation sites (tertiary alicyclic amines) is 1. The van der Waals surface area contributed by atoms with Crippen LogP contribution in [0.5, 0.6) is 0 Å².